The monoisotopic (exact) mass is 1420 g/mol. The summed E-state index contributed by atoms with van der Waals surface area (Å²) in [5.41, 5.74) is 31.1. The zero-order valence-corrected chi connectivity index (χ0v) is 61.3. The molecule has 2 aliphatic heterocycles. The van der Waals surface area contributed by atoms with E-state index in [-0.39, 0.29) is 12.1 Å². The van der Waals surface area contributed by atoms with Crippen molar-refractivity contribution in [1.82, 2.24) is 13.7 Å². The van der Waals surface area contributed by atoms with Gasteiger partial charge in [0.1, 0.15) is 22.3 Å². The van der Waals surface area contributed by atoms with Gasteiger partial charge in [0.25, 0.3) is 6.71 Å². The van der Waals surface area contributed by atoms with E-state index in [0.717, 1.165) is 200 Å². The highest BCUT2D eigenvalue weighted by atomic mass is 16.3. The average molecular weight is 1420 g/mol. The van der Waals surface area contributed by atoms with Gasteiger partial charge in [-0.05, 0) is 172 Å². The number of furan rings is 2. The summed E-state index contributed by atoms with van der Waals surface area (Å²) < 4.78 is 21.7. The van der Waals surface area contributed by atoms with Crippen molar-refractivity contribution < 1.29 is 8.83 Å². The number of anilines is 6. The van der Waals surface area contributed by atoms with Crippen molar-refractivity contribution in [1.29, 1.82) is 5.26 Å². The number of aryl methyl sites for hydroxylation is 1. The molecule has 0 spiro atoms. The van der Waals surface area contributed by atoms with Crippen LogP contribution in [0.25, 0.3) is 160 Å². The fraction of sp³-hybridized carbons (Fsp3) is 0.0490. The number of hydrogen-bond acceptors (Lipinski definition) is 5. The fourth-order valence-electron chi connectivity index (χ4n) is 19.0. The topological polar surface area (TPSA) is 71.3 Å². The number of benzene rings is 16. The van der Waals surface area contributed by atoms with Crippen LogP contribution in [-0.2, 0) is 5.41 Å². The fourth-order valence-corrected chi connectivity index (χ4v) is 19.0. The van der Waals surface area contributed by atoms with Crippen LogP contribution in [0.15, 0.2) is 342 Å². The van der Waals surface area contributed by atoms with Crippen LogP contribution in [0.3, 0.4) is 0 Å². The van der Waals surface area contributed by atoms with Crippen LogP contribution in [0, 0.1) is 18.3 Å². The second-order valence-corrected chi connectivity index (χ2v) is 31.0. The van der Waals surface area contributed by atoms with Crippen LogP contribution >= 0.6 is 0 Å². The Balaban J connectivity index is 0.933. The Morgan fingerprint density at radius 2 is 0.838 bits per heavy atom. The van der Waals surface area contributed by atoms with Crippen LogP contribution in [0.4, 0.5) is 34.1 Å². The van der Waals surface area contributed by atoms with Gasteiger partial charge in [-0.3, -0.25) is 0 Å². The van der Waals surface area contributed by atoms with Crippen LogP contribution in [0.2, 0.25) is 0 Å². The molecule has 16 aromatic carbocycles. The Morgan fingerprint density at radius 3 is 1.50 bits per heavy atom. The van der Waals surface area contributed by atoms with Crippen molar-refractivity contribution in [3.63, 3.8) is 0 Å². The molecule has 0 atom stereocenters. The number of para-hydroxylation sites is 9. The second kappa shape index (κ2) is 23.6. The molecular weight excluding hydrogens is 1350 g/mol. The maximum absolute atomic E-state index is 10.7. The van der Waals surface area contributed by atoms with E-state index in [1.54, 1.807) is 0 Å². The number of nitriles is 1. The smallest absolute Gasteiger partial charge is 0.252 e. The van der Waals surface area contributed by atoms with Gasteiger partial charge in [0.15, 0.2) is 0 Å². The van der Waals surface area contributed by atoms with Crippen LogP contribution < -0.4 is 26.2 Å². The molecule has 21 aromatic rings. The van der Waals surface area contributed by atoms with E-state index in [1.807, 2.05) is 6.07 Å². The molecule has 2 aliphatic rings. The zero-order chi connectivity index (χ0) is 73.6. The normalized spacial score (nSPS) is 12.8. The maximum Gasteiger partial charge on any atom is 0.252 e. The standard InChI is InChI=1S/C102H67BN6O2/c1-61-52-79(65-45-48-75-73-31-13-20-42-95(73)110-97(75)56-65)100(94(53-61)107-85-38-17-10-28-70(85)71-29-11-18-39-86(71)107)108-89-51-46-64(63-24-6-5-7-25-63)55-82(89)103-81-49-47-66(102(2,3)4)57-91(81)109(93-59-67(58-92(108)98(93)103)105-83-36-15-8-26-68(83)69-27-9-16-37-84(69)105)99-76(78-35-22-34-77-74-32-14-21-43-96(74)111-101(77)78)33-23-41-90(99)106-87-40-19-12-30-72(87)80-54-62(60-104)44-50-88(80)106/h5-59H,1-4H3. The third-order valence-electron chi connectivity index (χ3n) is 23.8. The Morgan fingerprint density at radius 1 is 0.315 bits per heavy atom. The Hall–Kier alpha value is -14.3. The van der Waals surface area contributed by atoms with Gasteiger partial charge in [0.05, 0.1) is 73.2 Å². The summed E-state index contributed by atoms with van der Waals surface area (Å²) in [6, 6.07) is 126. The van der Waals surface area contributed by atoms with E-state index in [9.17, 15) is 5.26 Å². The van der Waals surface area contributed by atoms with E-state index in [0.29, 0.717) is 5.56 Å². The first-order valence-corrected chi connectivity index (χ1v) is 38.2. The van der Waals surface area contributed by atoms with Crippen LogP contribution in [-0.4, -0.2) is 20.4 Å². The van der Waals surface area contributed by atoms with Crippen molar-refractivity contribution in [2.45, 2.75) is 33.1 Å². The molecule has 0 unspecified atom stereocenters. The molecule has 0 amide bonds. The Kier molecular flexibility index (Phi) is 13.4. The molecule has 0 saturated carbocycles. The molecular formula is C102H67BN6O2. The van der Waals surface area contributed by atoms with Gasteiger partial charge >= 0.3 is 0 Å². The molecule has 23 rings (SSSR count). The minimum Gasteiger partial charge on any atom is -0.456 e. The highest BCUT2D eigenvalue weighted by molar-refractivity contribution is 7.00. The Labute approximate surface area is 640 Å². The minimum absolute atomic E-state index is 0.289. The average Bonchev–Trinajstić information content (AvgIpc) is 1.12. The molecule has 7 heterocycles. The summed E-state index contributed by atoms with van der Waals surface area (Å²) in [6.45, 7) is 8.92. The molecule has 0 aliphatic carbocycles. The summed E-state index contributed by atoms with van der Waals surface area (Å²) in [6.07, 6.45) is 0. The van der Waals surface area contributed by atoms with Gasteiger partial charge in [-0.15, -0.1) is 0 Å². The van der Waals surface area contributed by atoms with Crippen molar-refractivity contribution in [2.75, 3.05) is 9.80 Å². The molecule has 0 radical (unpaired) electrons. The molecule has 0 fully saturated rings. The number of aromatic nitrogens is 3. The van der Waals surface area contributed by atoms with Crippen molar-refractivity contribution in [2.24, 2.45) is 0 Å². The van der Waals surface area contributed by atoms with Gasteiger partial charge in [0, 0.05) is 93.3 Å². The van der Waals surface area contributed by atoms with E-state index in [1.165, 1.54) is 21.8 Å². The third-order valence-corrected chi connectivity index (χ3v) is 23.8. The molecule has 0 bridgehead atoms. The lowest BCUT2D eigenvalue weighted by Crippen LogP contribution is -2.61. The molecule has 111 heavy (non-hydrogen) atoms. The number of hydrogen-bond donors (Lipinski definition) is 0. The van der Waals surface area contributed by atoms with Crippen LogP contribution in [0.5, 0.6) is 0 Å². The predicted octanol–water partition coefficient (Wildman–Crippen LogP) is 25.3. The zero-order valence-electron chi connectivity index (χ0n) is 61.3. The van der Waals surface area contributed by atoms with Gasteiger partial charge in [-0.2, -0.15) is 5.26 Å². The highest BCUT2D eigenvalue weighted by Crippen LogP contribution is 2.56. The molecule has 0 saturated heterocycles. The first kappa shape index (κ1) is 62.8. The molecule has 0 N–H and O–H groups in total. The van der Waals surface area contributed by atoms with Crippen molar-refractivity contribution in [3.8, 4) is 56.5 Å². The first-order chi connectivity index (χ1) is 54.6. The summed E-state index contributed by atoms with van der Waals surface area (Å²) in [7, 11) is 0. The SMILES string of the molecule is Cc1cc(-c2ccc3c(c2)oc2ccccc23)c(N2c3ccc(-c4ccccc4)cc3B3c4ccc(C(C)(C)C)cc4N(c4c(-c5cccc6c5oc5ccccc56)cccc4-n4c5ccccc5c5cc(C#N)ccc54)c4cc(-n5c6ccccc6c6ccccc65)cc2c43)c(-n2c3ccccc3c3ccccc32)c1. The second-order valence-electron chi connectivity index (χ2n) is 31.0. The quantitative estimate of drug-likeness (QED) is 0.142. The summed E-state index contributed by atoms with van der Waals surface area (Å²) in [5.74, 6) is 0. The number of nitrogens with zero attached hydrogens (tertiary/aromatic N) is 6. The maximum atomic E-state index is 10.7. The van der Waals surface area contributed by atoms with E-state index < -0.39 is 0 Å². The lowest BCUT2D eigenvalue weighted by molar-refractivity contribution is 0.590. The molecule has 9 heteroatoms. The lowest BCUT2D eigenvalue weighted by Gasteiger charge is -2.46. The molecule has 5 aromatic heterocycles. The third kappa shape index (κ3) is 9.16. The summed E-state index contributed by atoms with van der Waals surface area (Å²) in [5, 5.41) is 21.6. The first-order valence-electron chi connectivity index (χ1n) is 38.2. The molecule has 8 nitrogen and oxygen atoms in total. The summed E-state index contributed by atoms with van der Waals surface area (Å²) >= 11 is 0. The molecule has 520 valence electrons. The highest BCUT2D eigenvalue weighted by Gasteiger charge is 2.47. The van der Waals surface area contributed by atoms with Crippen molar-refractivity contribution in [3.05, 3.63) is 350 Å². The van der Waals surface area contributed by atoms with Crippen molar-refractivity contribution >= 4 is 167 Å². The van der Waals surface area contributed by atoms with Crippen LogP contribution in [0.1, 0.15) is 37.5 Å². The number of rotatable bonds is 8. The summed E-state index contributed by atoms with van der Waals surface area (Å²) in [4.78, 5) is 5.33. The van der Waals surface area contributed by atoms with E-state index >= 15 is 0 Å². The van der Waals surface area contributed by atoms with E-state index in [2.05, 4.69) is 385 Å². The Bertz CT molecular complexity index is 7530. The van der Waals surface area contributed by atoms with Gasteiger partial charge < -0.3 is 32.3 Å². The minimum atomic E-state index is -0.345. The number of fused-ring (bicyclic) bond motifs is 19. The predicted molar refractivity (Wildman–Crippen MR) is 462 cm³/mol. The largest absolute Gasteiger partial charge is 0.456 e. The van der Waals surface area contributed by atoms with E-state index in [4.69, 9.17) is 8.83 Å². The van der Waals surface area contributed by atoms with Gasteiger partial charge in [0.2, 0.25) is 0 Å². The lowest BCUT2D eigenvalue weighted by atomic mass is 9.33. The van der Waals surface area contributed by atoms with Gasteiger partial charge in [-0.25, -0.2) is 0 Å². The van der Waals surface area contributed by atoms with Gasteiger partial charge in [-0.1, -0.05) is 239 Å².